The zero-order chi connectivity index (χ0) is 19.0. The van der Waals surface area contributed by atoms with Crippen LogP contribution in [0.4, 0.5) is 0 Å². The SMILES string of the molecule is C=CC[P+](c1ccccc1)(c1ccccc1)c1ccccc1CCCCC. The van der Waals surface area contributed by atoms with Crippen LogP contribution in [-0.2, 0) is 6.42 Å². The maximum atomic E-state index is 4.15. The van der Waals surface area contributed by atoms with Crippen LogP contribution in [0.1, 0.15) is 31.7 Å². The molecule has 0 aliphatic rings. The van der Waals surface area contributed by atoms with Crippen LogP contribution in [0.15, 0.2) is 97.6 Å². The van der Waals surface area contributed by atoms with E-state index in [0.29, 0.717) is 0 Å². The smallest absolute Gasteiger partial charge is 0.0995 e. The van der Waals surface area contributed by atoms with Crippen LogP contribution in [0.5, 0.6) is 0 Å². The fourth-order valence-electron chi connectivity index (χ4n) is 3.96. The molecule has 3 rings (SSSR count). The molecule has 0 bridgehead atoms. The minimum atomic E-state index is -1.76. The zero-order valence-electron chi connectivity index (χ0n) is 16.4. The van der Waals surface area contributed by atoms with Crippen LogP contribution in [0.3, 0.4) is 0 Å². The third-order valence-corrected chi connectivity index (χ3v) is 9.67. The number of rotatable bonds is 9. The van der Waals surface area contributed by atoms with Crippen molar-refractivity contribution >= 4 is 23.2 Å². The van der Waals surface area contributed by atoms with E-state index < -0.39 is 7.26 Å². The largest absolute Gasteiger partial charge is 0.116 e. The summed E-state index contributed by atoms with van der Waals surface area (Å²) in [6, 6.07) is 31.3. The zero-order valence-corrected chi connectivity index (χ0v) is 17.2. The van der Waals surface area contributed by atoms with E-state index in [-0.39, 0.29) is 0 Å². The van der Waals surface area contributed by atoms with Gasteiger partial charge in [0.25, 0.3) is 0 Å². The van der Waals surface area contributed by atoms with Gasteiger partial charge in [0.15, 0.2) is 0 Å². The van der Waals surface area contributed by atoms with Crippen molar-refractivity contribution in [1.82, 2.24) is 0 Å². The molecule has 0 amide bonds. The van der Waals surface area contributed by atoms with Gasteiger partial charge in [-0.1, -0.05) is 87.0 Å². The van der Waals surface area contributed by atoms with Gasteiger partial charge in [-0.15, -0.1) is 0 Å². The van der Waals surface area contributed by atoms with Gasteiger partial charge in [0.05, 0.1) is 6.16 Å². The second kappa shape index (κ2) is 9.67. The molecule has 0 heterocycles. The Labute approximate surface area is 165 Å². The topological polar surface area (TPSA) is 0 Å². The lowest BCUT2D eigenvalue weighted by atomic mass is 10.1. The minimum Gasteiger partial charge on any atom is -0.0995 e. The average molecular weight is 374 g/mol. The van der Waals surface area contributed by atoms with Crippen molar-refractivity contribution < 1.29 is 0 Å². The molecule has 0 saturated heterocycles. The summed E-state index contributed by atoms with van der Waals surface area (Å²) >= 11 is 0. The lowest BCUT2D eigenvalue weighted by molar-refractivity contribution is 0.719. The Hall–Kier alpha value is -2.17. The van der Waals surface area contributed by atoms with Crippen LogP contribution < -0.4 is 15.9 Å². The van der Waals surface area contributed by atoms with Gasteiger partial charge in [-0.2, -0.15) is 0 Å². The Kier molecular flexibility index (Phi) is 7.02. The highest BCUT2D eigenvalue weighted by molar-refractivity contribution is 7.95. The van der Waals surface area contributed by atoms with Gasteiger partial charge in [0.1, 0.15) is 23.2 Å². The Morgan fingerprint density at radius 3 is 1.85 bits per heavy atom. The Balaban J connectivity index is 2.23. The lowest BCUT2D eigenvalue weighted by Crippen LogP contribution is -2.34. The van der Waals surface area contributed by atoms with Gasteiger partial charge in [0, 0.05) is 0 Å². The minimum absolute atomic E-state index is 0.992. The number of hydrogen-bond donors (Lipinski definition) is 0. The predicted octanol–water partition coefficient (Wildman–Crippen LogP) is 5.90. The summed E-state index contributed by atoms with van der Waals surface area (Å²) in [5.41, 5.74) is 1.51. The summed E-state index contributed by atoms with van der Waals surface area (Å²) in [6.45, 7) is 6.43. The Bertz CT molecular complexity index is 797. The molecule has 0 nitrogen and oxygen atoms in total. The Morgan fingerprint density at radius 1 is 0.741 bits per heavy atom. The molecule has 0 atom stereocenters. The first-order valence-electron chi connectivity index (χ1n) is 10.0. The van der Waals surface area contributed by atoms with Crippen molar-refractivity contribution in [3.63, 3.8) is 0 Å². The number of unbranched alkanes of at least 4 members (excludes halogenated alkanes) is 2. The molecule has 1 heteroatoms. The van der Waals surface area contributed by atoms with Crippen LogP contribution in [0.25, 0.3) is 0 Å². The molecule has 0 aliphatic heterocycles. The molecule has 27 heavy (non-hydrogen) atoms. The lowest BCUT2D eigenvalue weighted by Gasteiger charge is -2.28. The summed E-state index contributed by atoms with van der Waals surface area (Å²) < 4.78 is 0. The van der Waals surface area contributed by atoms with Gasteiger partial charge >= 0.3 is 0 Å². The molecule has 0 radical (unpaired) electrons. The molecular formula is C26H30P+. The van der Waals surface area contributed by atoms with E-state index in [1.165, 1.54) is 40.7 Å². The summed E-state index contributed by atoms with van der Waals surface area (Å²) in [7, 11) is -1.76. The third kappa shape index (κ3) is 4.23. The van der Waals surface area contributed by atoms with Crippen LogP contribution in [0, 0.1) is 0 Å². The van der Waals surface area contributed by atoms with E-state index in [4.69, 9.17) is 0 Å². The summed E-state index contributed by atoms with van der Waals surface area (Å²) in [5.74, 6) is 0. The molecular weight excluding hydrogens is 343 g/mol. The van der Waals surface area contributed by atoms with Gasteiger partial charge < -0.3 is 0 Å². The number of benzene rings is 3. The number of hydrogen-bond acceptors (Lipinski definition) is 0. The highest BCUT2D eigenvalue weighted by Gasteiger charge is 2.45. The molecule has 138 valence electrons. The molecule has 3 aromatic carbocycles. The van der Waals surface area contributed by atoms with Crippen molar-refractivity contribution in [3.05, 3.63) is 103 Å². The molecule has 0 unspecified atom stereocenters. The highest BCUT2D eigenvalue weighted by Crippen LogP contribution is 2.56. The average Bonchev–Trinajstić information content (AvgIpc) is 2.74. The van der Waals surface area contributed by atoms with Crippen LogP contribution >= 0.6 is 7.26 Å². The van der Waals surface area contributed by atoms with Gasteiger partial charge in [0.2, 0.25) is 0 Å². The molecule has 0 aliphatic carbocycles. The van der Waals surface area contributed by atoms with Crippen molar-refractivity contribution in [3.8, 4) is 0 Å². The van der Waals surface area contributed by atoms with Crippen molar-refractivity contribution in [2.24, 2.45) is 0 Å². The van der Waals surface area contributed by atoms with Crippen molar-refractivity contribution in [1.29, 1.82) is 0 Å². The monoisotopic (exact) mass is 373 g/mol. The molecule has 0 N–H and O–H groups in total. The number of aryl methyl sites for hydroxylation is 1. The summed E-state index contributed by atoms with van der Waals surface area (Å²) in [6.07, 6.45) is 8.07. The van der Waals surface area contributed by atoms with E-state index in [0.717, 1.165) is 12.6 Å². The molecule has 0 fully saturated rings. The van der Waals surface area contributed by atoms with Crippen LogP contribution in [0.2, 0.25) is 0 Å². The molecule has 0 spiro atoms. The van der Waals surface area contributed by atoms with Crippen molar-refractivity contribution in [2.45, 2.75) is 32.6 Å². The second-order valence-corrected chi connectivity index (χ2v) is 10.5. The third-order valence-electron chi connectivity index (χ3n) is 5.25. The maximum absolute atomic E-state index is 4.15. The first-order valence-corrected chi connectivity index (χ1v) is 12.0. The number of allylic oxidation sites excluding steroid dienone is 1. The Morgan fingerprint density at radius 2 is 1.30 bits per heavy atom. The molecule has 0 saturated carbocycles. The first kappa shape index (κ1) is 19.6. The predicted molar refractivity (Wildman–Crippen MR) is 123 cm³/mol. The standard InChI is InChI=1S/C26H30P/c1-3-5-8-15-23-16-13-14-21-26(23)27(22-4-2,24-17-9-6-10-18-24)25-19-11-7-12-20-25/h4,6-7,9-14,16-21H,2-3,5,8,15,22H2,1H3/q+1. The summed E-state index contributed by atoms with van der Waals surface area (Å²) in [5, 5.41) is 4.41. The highest BCUT2D eigenvalue weighted by atomic mass is 31.2. The quantitative estimate of drug-likeness (QED) is 0.249. The van der Waals surface area contributed by atoms with E-state index in [1.54, 1.807) is 0 Å². The van der Waals surface area contributed by atoms with Gasteiger partial charge in [-0.3, -0.25) is 0 Å². The van der Waals surface area contributed by atoms with E-state index in [1.807, 2.05) is 0 Å². The van der Waals surface area contributed by atoms with E-state index in [2.05, 4.69) is 105 Å². The normalized spacial score (nSPS) is 11.3. The molecule has 0 aromatic heterocycles. The van der Waals surface area contributed by atoms with Gasteiger partial charge in [-0.25, -0.2) is 0 Å². The maximum Gasteiger partial charge on any atom is 0.116 e. The second-order valence-electron chi connectivity index (χ2n) is 7.04. The fourth-order valence-corrected chi connectivity index (χ4v) is 8.19. The van der Waals surface area contributed by atoms with E-state index in [9.17, 15) is 0 Å². The molecule has 3 aromatic rings. The van der Waals surface area contributed by atoms with Gasteiger partial charge in [-0.05, 0) is 48.7 Å². The van der Waals surface area contributed by atoms with Crippen LogP contribution in [-0.4, -0.2) is 6.16 Å². The summed E-state index contributed by atoms with van der Waals surface area (Å²) in [4.78, 5) is 0. The van der Waals surface area contributed by atoms with E-state index >= 15 is 0 Å². The van der Waals surface area contributed by atoms with Crippen molar-refractivity contribution in [2.75, 3.05) is 6.16 Å². The fraction of sp³-hybridized carbons (Fsp3) is 0.231. The first-order chi connectivity index (χ1) is 13.3.